The third-order valence-electron chi connectivity index (χ3n) is 3.75. The highest BCUT2D eigenvalue weighted by Crippen LogP contribution is 2.20. The summed E-state index contributed by atoms with van der Waals surface area (Å²) in [5, 5.41) is 4.49. The summed E-state index contributed by atoms with van der Waals surface area (Å²) >= 11 is 8.06. The molecule has 1 N–H and O–H groups in total. The summed E-state index contributed by atoms with van der Waals surface area (Å²) < 4.78 is 0. The van der Waals surface area contributed by atoms with Crippen molar-refractivity contribution in [2.75, 3.05) is 37.7 Å². The van der Waals surface area contributed by atoms with Gasteiger partial charge in [-0.2, -0.15) is 11.8 Å². The first-order valence-corrected chi connectivity index (χ1v) is 9.12. The van der Waals surface area contributed by atoms with Gasteiger partial charge in [-0.15, -0.1) is 0 Å². The fraction of sp³-hybridized carbons (Fsp3) is 0.625. The van der Waals surface area contributed by atoms with Crippen molar-refractivity contribution in [3.63, 3.8) is 0 Å². The van der Waals surface area contributed by atoms with E-state index < -0.39 is 0 Å². The van der Waals surface area contributed by atoms with E-state index in [1.54, 1.807) is 0 Å². The van der Waals surface area contributed by atoms with E-state index in [2.05, 4.69) is 41.0 Å². The molecule has 1 heterocycles. The van der Waals surface area contributed by atoms with E-state index in [9.17, 15) is 0 Å². The van der Waals surface area contributed by atoms with Crippen molar-refractivity contribution in [2.45, 2.75) is 25.8 Å². The second kappa shape index (κ2) is 8.93. The van der Waals surface area contributed by atoms with E-state index >= 15 is 0 Å². The molecule has 1 atom stereocenters. The highest BCUT2D eigenvalue weighted by molar-refractivity contribution is 7.99. The zero-order valence-electron chi connectivity index (χ0n) is 12.3. The third kappa shape index (κ3) is 5.28. The lowest BCUT2D eigenvalue weighted by atomic mass is 10.0. The topological polar surface area (TPSA) is 15.3 Å². The number of thioether (sulfide) groups is 1. The summed E-state index contributed by atoms with van der Waals surface area (Å²) in [5.74, 6) is 2.57. The Balaban J connectivity index is 1.90. The van der Waals surface area contributed by atoms with E-state index in [0.29, 0.717) is 6.04 Å². The number of benzene rings is 1. The zero-order chi connectivity index (χ0) is 14.2. The van der Waals surface area contributed by atoms with Crippen molar-refractivity contribution >= 4 is 23.4 Å². The van der Waals surface area contributed by atoms with Gasteiger partial charge in [-0.3, -0.25) is 0 Å². The Morgan fingerprint density at radius 3 is 2.60 bits per heavy atom. The van der Waals surface area contributed by atoms with Crippen LogP contribution >= 0.6 is 23.4 Å². The smallest absolute Gasteiger partial charge is 0.0406 e. The van der Waals surface area contributed by atoms with Crippen molar-refractivity contribution in [3.05, 3.63) is 34.9 Å². The maximum atomic E-state index is 5.99. The quantitative estimate of drug-likeness (QED) is 0.824. The third-order valence-corrected chi connectivity index (χ3v) is 4.95. The van der Waals surface area contributed by atoms with E-state index in [0.717, 1.165) is 11.6 Å². The molecule has 1 fully saturated rings. The van der Waals surface area contributed by atoms with E-state index in [-0.39, 0.29) is 0 Å². The first kappa shape index (κ1) is 16.2. The van der Waals surface area contributed by atoms with Crippen LogP contribution in [-0.4, -0.2) is 42.6 Å². The molecule has 1 aliphatic rings. The van der Waals surface area contributed by atoms with Crippen LogP contribution in [0.4, 0.5) is 0 Å². The number of halogens is 1. The standard InChI is InChI=1S/C16H25ClN2S/c1-2-8-18-16(14-3-5-15(17)6-4-14)7-9-19-10-12-20-13-11-19/h3-6,16,18H,2,7-13H2,1H3. The van der Waals surface area contributed by atoms with Crippen LogP contribution in [0, 0.1) is 0 Å². The number of nitrogens with one attached hydrogen (secondary N) is 1. The van der Waals surface area contributed by atoms with Gasteiger partial charge in [0.15, 0.2) is 0 Å². The summed E-state index contributed by atoms with van der Waals surface area (Å²) in [7, 11) is 0. The van der Waals surface area contributed by atoms with Crippen molar-refractivity contribution in [1.29, 1.82) is 0 Å². The predicted octanol–water partition coefficient (Wildman–Crippen LogP) is 3.82. The lowest BCUT2D eigenvalue weighted by Gasteiger charge is -2.28. The van der Waals surface area contributed by atoms with Crippen molar-refractivity contribution in [1.82, 2.24) is 10.2 Å². The molecule has 0 amide bonds. The lowest BCUT2D eigenvalue weighted by molar-refractivity contribution is 0.281. The molecular weight excluding hydrogens is 288 g/mol. The fourth-order valence-corrected chi connectivity index (χ4v) is 3.64. The largest absolute Gasteiger partial charge is 0.310 e. The first-order valence-electron chi connectivity index (χ1n) is 7.58. The summed E-state index contributed by atoms with van der Waals surface area (Å²) in [5.41, 5.74) is 1.36. The van der Waals surface area contributed by atoms with Crippen LogP contribution in [-0.2, 0) is 0 Å². The van der Waals surface area contributed by atoms with Gasteiger partial charge in [-0.1, -0.05) is 30.7 Å². The second-order valence-electron chi connectivity index (χ2n) is 5.30. The minimum Gasteiger partial charge on any atom is -0.310 e. The summed E-state index contributed by atoms with van der Waals surface area (Å²) in [6.07, 6.45) is 2.34. The SMILES string of the molecule is CCCNC(CCN1CCSCC1)c1ccc(Cl)cc1. The van der Waals surface area contributed by atoms with Crippen LogP contribution < -0.4 is 5.32 Å². The average molecular weight is 313 g/mol. The molecule has 1 aromatic rings. The zero-order valence-corrected chi connectivity index (χ0v) is 13.8. The van der Waals surface area contributed by atoms with Crippen LogP contribution in [0.15, 0.2) is 24.3 Å². The van der Waals surface area contributed by atoms with E-state index in [4.69, 9.17) is 11.6 Å². The van der Waals surface area contributed by atoms with Crippen molar-refractivity contribution in [3.8, 4) is 0 Å². The van der Waals surface area contributed by atoms with Gasteiger partial charge in [0.05, 0.1) is 0 Å². The highest BCUT2D eigenvalue weighted by Gasteiger charge is 2.15. The molecular formula is C16H25ClN2S. The van der Waals surface area contributed by atoms with Crippen LogP contribution in [0.2, 0.25) is 5.02 Å². The van der Waals surface area contributed by atoms with E-state index in [1.807, 2.05) is 12.1 Å². The van der Waals surface area contributed by atoms with Crippen LogP contribution in [0.1, 0.15) is 31.4 Å². The molecule has 2 nitrogen and oxygen atoms in total. The number of rotatable bonds is 7. The monoisotopic (exact) mass is 312 g/mol. The van der Waals surface area contributed by atoms with Crippen molar-refractivity contribution in [2.24, 2.45) is 0 Å². The van der Waals surface area contributed by atoms with Crippen LogP contribution in [0.5, 0.6) is 0 Å². The molecule has 0 aromatic heterocycles. The number of hydrogen-bond donors (Lipinski definition) is 1. The maximum Gasteiger partial charge on any atom is 0.0406 e. The number of hydrogen-bond acceptors (Lipinski definition) is 3. The molecule has 0 aliphatic carbocycles. The Bertz CT molecular complexity index is 377. The molecule has 0 spiro atoms. The predicted molar refractivity (Wildman–Crippen MR) is 90.9 cm³/mol. The Morgan fingerprint density at radius 2 is 1.95 bits per heavy atom. The van der Waals surface area contributed by atoms with Gasteiger partial charge in [0.2, 0.25) is 0 Å². The molecule has 2 rings (SSSR count). The second-order valence-corrected chi connectivity index (χ2v) is 6.96. The summed E-state index contributed by atoms with van der Waals surface area (Å²) in [6.45, 7) is 6.96. The normalized spacial score (nSPS) is 18.1. The van der Waals surface area contributed by atoms with Gasteiger partial charge < -0.3 is 10.2 Å². The summed E-state index contributed by atoms with van der Waals surface area (Å²) in [4.78, 5) is 2.59. The van der Waals surface area contributed by atoms with E-state index in [1.165, 1.54) is 49.5 Å². The minimum absolute atomic E-state index is 0.446. The molecule has 1 aliphatic heterocycles. The average Bonchev–Trinajstić information content (AvgIpc) is 2.50. The molecule has 1 saturated heterocycles. The molecule has 0 bridgehead atoms. The van der Waals surface area contributed by atoms with Gasteiger partial charge in [0.25, 0.3) is 0 Å². The van der Waals surface area contributed by atoms with Crippen LogP contribution in [0.3, 0.4) is 0 Å². The van der Waals surface area contributed by atoms with Crippen molar-refractivity contribution < 1.29 is 0 Å². The maximum absolute atomic E-state index is 5.99. The van der Waals surface area contributed by atoms with Crippen LogP contribution in [0.25, 0.3) is 0 Å². The Hall–Kier alpha value is -0.220. The highest BCUT2D eigenvalue weighted by atomic mass is 35.5. The Labute approximate surface area is 132 Å². The van der Waals surface area contributed by atoms with Gasteiger partial charge >= 0.3 is 0 Å². The molecule has 4 heteroatoms. The molecule has 112 valence electrons. The number of nitrogens with zero attached hydrogens (tertiary/aromatic N) is 1. The molecule has 20 heavy (non-hydrogen) atoms. The van der Waals surface area contributed by atoms with Gasteiger partial charge in [-0.05, 0) is 37.1 Å². The molecule has 0 saturated carbocycles. The molecule has 1 unspecified atom stereocenters. The summed E-state index contributed by atoms with van der Waals surface area (Å²) in [6, 6.07) is 8.75. The minimum atomic E-state index is 0.446. The van der Waals surface area contributed by atoms with Gasteiger partial charge in [-0.25, -0.2) is 0 Å². The molecule has 1 aromatic carbocycles. The fourth-order valence-electron chi connectivity index (χ4n) is 2.54. The Morgan fingerprint density at radius 1 is 1.25 bits per heavy atom. The molecule has 0 radical (unpaired) electrons. The first-order chi connectivity index (χ1) is 9.79. The lowest BCUT2D eigenvalue weighted by Crippen LogP contribution is -2.35. The van der Waals surface area contributed by atoms with Gasteiger partial charge in [0, 0.05) is 42.2 Å². The van der Waals surface area contributed by atoms with Gasteiger partial charge in [0.1, 0.15) is 0 Å². The Kier molecular flexibility index (Phi) is 7.22.